The number of anilines is 1. The van der Waals surface area contributed by atoms with Gasteiger partial charge >= 0.3 is 5.97 Å². The Balaban J connectivity index is 1.48. The van der Waals surface area contributed by atoms with Gasteiger partial charge < -0.3 is 19.5 Å². The van der Waals surface area contributed by atoms with Crippen LogP contribution in [0.4, 0.5) is 5.69 Å². The maximum Gasteiger partial charge on any atom is 0.338 e. The van der Waals surface area contributed by atoms with Crippen LogP contribution in [0.25, 0.3) is 0 Å². The third-order valence-electron chi connectivity index (χ3n) is 4.76. The Labute approximate surface area is 175 Å². The Bertz CT molecular complexity index is 885. The molecule has 0 aromatic heterocycles. The molecular weight excluding hydrogens is 386 g/mol. The summed E-state index contributed by atoms with van der Waals surface area (Å²) in [6.07, 6.45) is 1.17. The van der Waals surface area contributed by atoms with Gasteiger partial charge in [0.1, 0.15) is 12.4 Å². The van der Waals surface area contributed by atoms with Gasteiger partial charge in [-0.2, -0.15) is 0 Å². The summed E-state index contributed by atoms with van der Waals surface area (Å²) in [4.78, 5) is 35.9. The normalized spacial score (nSPS) is 16.5. The zero-order valence-electron chi connectivity index (χ0n) is 17.1. The van der Waals surface area contributed by atoms with Gasteiger partial charge in [0, 0.05) is 17.9 Å². The SMILES string of the molecule is CC(=O)c1ccc(NC(=O)[C@H](C)OC(=O)c2ccc(OC[C@H]3CCCO3)cc2)cc1. The van der Waals surface area contributed by atoms with Crippen LogP contribution < -0.4 is 10.1 Å². The summed E-state index contributed by atoms with van der Waals surface area (Å²) in [6, 6.07) is 13.1. The number of nitrogens with one attached hydrogen (secondary N) is 1. The standard InChI is InChI=1S/C23H25NO6/c1-15(25)17-5-9-19(10-6-17)24-22(26)16(2)30-23(27)18-7-11-20(12-8-18)29-14-21-4-3-13-28-21/h5-12,16,21H,3-4,13-14H2,1-2H3,(H,24,26)/t16-,21+/m0/s1. The number of carbonyl (C=O) groups is 3. The summed E-state index contributed by atoms with van der Waals surface area (Å²) < 4.78 is 16.4. The highest BCUT2D eigenvalue weighted by Gasteiger charge is 2.20. The molecule has 0 bridgehead atoms. The van der Waals surface area contributed by atoms with E-state index in [0.29, 0.717) is 29.2 Å². The number of hydrogen-bond donors (Lipinski definition) is 1. The van der Waals surface area contributed by atoms with Crippen molar-refractivity contribution in [1.29, 1.82) is 0 Å². The number of amides is 1. The lowest BCUT2D eigenvalue weighted by Crippen LogP contribution is -2.30. The van der Waals surface area contributed by atoms with E-state index in [1.807, 2.05) is 0 Å². The Morgan fingerprint density at radius 2 is 1.73 bits per heavy atom. The van der Waals surface area contributed by atoms with Crippen LogP contribution in [0.5, 0.6) is 5.75 Å². The fourth-order valence-corrected chi connectivity index (χ4v) is 2.97. The zero-order valence-corrected chi connectivity index (χ0v) is 17.1. The average Bonchev–Trinajstić information content (AvgIpc) is 3.26. The molecule has 7 nitrogen and oxygen atoms in total. The van der Waals surface area contributed by atoms with Crippen molar-refractivity contribution in [2.75, 3.05) is 18.5 Å². The molecule has 1 heterocycles. The molecule has 0 unspecified atom stereocenters. The van der Waals surface area contributed by atoms with Gasteiger partial charge in [-0.1, -0.05) is 0 Å². The van der Waals surface area contributed by atoms with Crippen LogP contribution in [0, 0.1) is 0 Å². The smallest absolute Gasteiger partial charge is 0.338 e. The highest BCUT2D eigenvalue weighted by atomic mass is 16.5. The molecule has 2 atom stereocenters. The van der Waals surface area contributed by atoms with E-state index in [4.69, 9.17) is 14.2 Å². The van der Waals surface area contributed by atoms with Gasteiger partial charge in [0.25, 0.3) is 5.91 Å². The van der Waals surface area contributed by atoms with E-state index in [0.717, 1.165) is 19.4 Å². The van der Waals surface area contributed by atoms with Crippen molar-refractivity contribution in [3.63, 3.8) is 0 Å². The van der Waals surface area contributed by atoms with E-state index < -0.39 is 18.0 Å². The van der Waals surface area contributed by atoms with Crippen molar-refractivity contribution in [2.24, 2.45) is 0 Å². The summed E-state index contributed by atoms with van der Waals surface area (Å²) in [6.45, 7) is 4.22. The second-order valence-electron chi connectivity index (χ2n) is 7.14. The maximum absolute atomic E-state index is 12.3. The van der Waals surface area contributed by atoms with E-state index in [1.165, 1.54) is 13.8 Å². The second kappa shape index (κ2) is 10.0. The molecular formula is C23H25NO6. The van der Waals surface area contributed by atoms with E-state index >= 15 is 0 Å². The van der Waals surface area contributed by atoms with Crippen LogP contribution in [0.15, 0.2) is 48.5 Å². The summed E-state index contributed by atoms with van der Waals surface area (Å²) in [5, 5.41) is 2.66. The first-order chi connectivity index (χ1) is 14.4. The van der Waals surface area contributed by atoms with Crippen molar-refractivity contribution in [2.45, 2.75) is 38.9 Å². The fraction of sp³-hybridized carbons (Fsp3) is 0.348. The minimum atomic E-state index is -0.986. The van der Waals surface area contributed by atoms with Gasteiger partial charge in [-0.05, 0) is 75.2 Å². The van der Waals surface area contributed by atoms with Crippen LogP contribution >= 0.6 is 0 Å². The first kappa shape index (κ1) is 21.5. The van der Waals surface area contributed by atoms with Gasteiger partial charge in [-0.15, -0.1) is 0 Å². The highest BCUT2D eigenvalue weighted by molar-refractivity contribution is 5.98. The maximum atomic E-state index is 12.3. The number of hydrogen-bond acceptors (Lipinski definition) is 6. The largest absolute Gasteiger partial charge is 0.491 e. The topological polar surface area (TPSA) is 90.9 Å². The van der Waals surface area contributed by atoms with Crippen LogP contribution in [0.1, 0.15) is 47.4 Å². The molecule has 7 heteroatoms. The van der Waals surface area contributed by atoms with Gasteiger partial charge in [0.2, 0.25) is 0 Å². The molecule has 2 aromatic rings. The van der Waals surface area contributed by atoms with Gasteiger partial charge in [-0.25, -0.2) is 4.79 Å². The first-order valence-electron chi connectivity index (χ1n) is 9.89. The summed E-state index contributed by atoms with van der Waals surface area (Å²) in [5.74, 6) is -0.481. The molecule has 1 aliphatic rings. The molecule has 158 valence electrons. The van der Waals surface area contributed by atoms with Crippen molar-refractivity contribution >= 4 is 23.3 Å². The molecule has 1 amide bonds. The van der Waals surface area contributed by atoms with E-state index in [2.05, 4.69) is 5.32 Å². The summed E-state index contributed by atoms with van der Waals surface area (Å²) >= 11 is 0. The lowest BCUT2D eigenvalue weighted by Gasteiger charge is -2.14. The van der Waals surface area contributed by atoms with Crippen molar-refractivity contribution in [3.8, 4) is 5.75 Å². The molecule has 1 aliphatic heterocycles. The minimum Gasteiger partial charge on any atom is -0.491 e. The van der Waals surface area contributed by atoms with E-state index in [9.17, 15) is 14.4 Å². The zero-order chi connectivity index (χ0) is 21.5. The highest BCUT2D eigenvalue weighted by Crippen LogP contribution is 2.17. The molecule has 2 aromatic carbocycles. The Morgan fingerprint density at radius 3 is 2.33 bits per heavy atom. The predicted molar refractivity (Wildman–Crippen MR) is 111 cm³/mol. The van der Waals surface area contributed by atoms with Gasteiger partial charge in [-0.3, -0.25) is 9.59 Å². The van der Waals surface area contributed by atoms with E-state index in [-0.39, 0.29) is 11.9 Å². The Hall–Kier alpha value is -3.19. The monoisotopic (exact) mass is 411 g/mol. The fourth-order valence-electron chi connectivity index (χ4n) is 2.97. The summed E-state index contributed by atoms with van der Waals surface area (Å²) in [5.41, 5.74) is 1.39. The number of ether oxygens (including phenoxy) is 3. The lowest BCUT2D eigenvalue weighted by molar-refractivity contribution is -0.123. The van der Waals surface area contributed by atoms with Gasteiger partial charge in [0.15, 0.2) is 11.9 Å². The summed E-state index contributed by atoms with van der Waals surface area (Å²) in [7, 11) is 0. The molecule has 0 spiro atoms. The van der Waals surface area contributed by atoms with Crippen molar-refractivity contribution < 1.29 is 28.6 Å². The third kappa shape index (κ3) is 5.90. The number of Topliss-reactive ketones (excluding diaryl/α,β-unsaturated/α-hetero) is 1. The second-order valence-corrected chi connectivity index (χ2v) is 7.14. The molecule has 1 saturated heterocycles. The molecule has 30 heavy (non-hydrogen) atoms. The predicted octanol–water partition coefficient (Wildman–Crippen LogP) is 3.63. The molecule has 0 saturated carbocycles. The van der Waals surface area contributed by atoms with Gasteiger partial charge in [0.05, 0.1) is 11.7 Å². The molecule has 1 fully saturated rings. The van der Waals surface area contributed by atoms with E-state index in [1.54, 1.807) is 48.5 Å². The van der Waals surface area contributed by atoms with Crippen molar-refractivity contribution in [3.05, 3.63) is 59.7 Å². The average molecular weight is 411 g/mol. The molecule has 0 aliphatic carbocycles. The number of carbonyl (C=O) groups excluding carboxylic acids is 3. The number of esters is 1. The Kier molecular flexibility index (Phi) is 7.19. The molecule has 1 N–H and O–H groups in total. The van der Waals surface area contributed by atoms with Crippen LogP contribution in [-0.2, 0) is 14.3 Å². The quantitative estimate of drug-likeness (QED) is 0.527. The minimum absolute atomic E-state index is 0.0570. The van der Waals surface area contributed by atoms with Crippen molar-refractivity contribution in [1.82, 2.24) is 0 Å². The third-order valence-corrected chi connectivity index (χ3v) is 4.76. The molecule has 0 radical (unpaired) electrons. The first-order valence-corrected chi connectivity index (χ1v) is 9.89. The van der Waals surface area contributed by atoms with Crippen LogP contribution in [0.2, 0.25) is 0 Å². The molecule has 3 rings (SSSR count). The Morgan fingerprint density at radius 1 is 1.07 bits per heavy atom. The number of rotatable bonds is 8. The number of benzene rings is 2. The van der Waals surface area contributed by atoms with Crippen LogP contribution in [0.3, 0.4) is 0 Å². The number of ketones is 1. The lowest BCUT2D eigenvalue weighted by atomic mass is 10.1. The van der Waals surface area contributed by atoms with Crippen LogP contribution in [-0.4, -0.2) is 43.1 Å².